The molecule has 2 aromatic rings. The van der Waals surface area contributed by atoms with Crippen LogP contribution in [0.4, 0.5) is 8.78 Å². The van der Waals surface area contributed by atoms with Gasteiger partial charge in [-0.15, -0.1) is 0 Å². The smallest absolute Gasteiger partial charge is 0.164 e. The zero-order valence-electron chi connectivity index (χ0n) is 10.5. The average Bonchev–Trinajstić information content (AvgIpc) is 2.52. The van der Waals surface area contributed by atoms with E-state index in [-0.39, 0.29) is 5.41 Å². The molecular weight excluding hydrogens is 222 g/mol. The van der Waals surface area contributed by atoms with E-state index in [0.717, 1.165) is 6.07 Å². The van der Waals surface area contributed by atoms with Gasteiger partial charge in [0.05, 0.1) is 11.0 Å². The summed E-state index contributed by atoms with van der Waals surface area (Å²) in [6, 6.07) is 1.16. The van der Waals surface area contributed by atoms with E-state index in [1.807, 2.05) is 20.8 Å². The third-order valence-electron chi connectivity index (χ3n) is 2.59. The Hall–Kier alpha value is -1.45. The van der Waals surface area contributed by atoms with Crippen molar-refractivity contribution < 1.29 is 8.78 Å². The number of nitrogens with zero attached hydrogens (tertiary/aromatic N) is 1. The van der Waals surface area contributed by atoms with E-state index in [1.165, 1.54) is 0 Å². The van der Waals surface area contributed by atoms with Crippen LogP contribution in [0.2, 0.25) is 0 Å². The highest BCUT2D eigenvalue weighted by Crippen LogP contribution is 2.29. The molecular formula is C13H16F2N2. The van der Waals surface area contributed by atoms with Crippen molar-refractivity contribution in [3.8, 4) is 0 Å². The lowest BCUT2D eigenvalue weighted by Crippen LogP contribution is -2.12. The standard InChI is InChI=1S/C13H16F2N2/c1-7-16-10-5-9(14)11(15)8(12(10)17-7)6-13(2,3)4/h5H,6H2,1-4H3,(H,16,17). The van der Waals surface area contributed by atoms with Gasteiger partial charge in [-0.1, -0.05) is 20.8 Å². The van der Waals surface area contributed by atoms with Crippen LogP contribution in [0, 0.1) is 24.0 Å². The number of imidazole rings is 1. The van der Waals surface area contributed by atoms with Gasteiger partial charge < -0.3 is 4.98 Å². The van der Waals surface area contributed by atoms with E-state index >= 15 is 0 Å². The van der Waals surface area contributed by atoms with Crippen molar-refractivity contribution in [3.05, 3.63) is 29.1 Å². The Balaban J connectivity index is 2.69. The summed E-state index contributed by atoms with van der Waals surface area (Å²) in [6.07, 6.45) is 0.456. The minimum Gasteiger partial charge on any atom is -0.342 e. The predicted molar refractivity (Wildman–Crippen MR) is 63.9 cm³/mol. The molecule has 1 heterocycles. The summed E-state index contributed by atoms with van der Waals surface area (Å²) in [5.41, 5.74) is 1.34. The fraction of sp³-hybridized carbons (Fsp3) is 0.462. The highest BCUT2D eigenvalue weighted by Gasteiger charge is 2.21. The van der Waals surface area contributed by atoms with Crippen LogP contribution >= 0.6 is 0 Å². The molecule has 17 heavy (non-hydrogen) atoms. The molecule has 0 aliphatic heterocycles. The fourth-order valence-corrected chi connectivity index (χ4v) is 1.97. The second kappa shape index (κ2) is 3.79. The Morgan fingerprint density at radius 3 is 2.53 bits per heavy atom. The second-order valence-corrected chi connectivity index (χ2v) is 5.61. The number of fused-ring (bicyclic) bond motifs is 1. The first-order valence-electron chi connectivity index (χ1n) is 5.61. The number of aromatic amines is 1. The molecule has 0 fully saturated rings. The lowest BCUT2D eigenvalue weighted by atomic mass is 9.87. The zero-order chi connectivity index (χ0) is 12.8. The first-order chi connectivity index (χ1) is 7.78. The van der Waals surface area contributed by atoms with Crippen molar-refractivity contribution in [1.29, 1.82) is 0 Å². The molecule has 0 radical (unpaired) electrons. The Bertz CT molecular complexity index is 565. The number of nitrogens with one attached hydrogen (secondary N) is 1. The van der Waals surface area contributed by atoms with Crippen molar-refractivity contribution in [1.82, 2.24) is 9.97 Å². The molecule has 0 atom stereocenters. The lowest BCUT2D eigenvalue weighted by Gasteiger charge is -2.18. The maximum Gasteiger partial charge on any atom is 0.164 e. The molecule has 92 valence electrons. The van der Waals surface area contributed by atoms with Crippen molar-refractivity contribution in [3.63, 3.8) is 0 Å². The van der Waals surface area contributed by atoms with Crippen LogP contribution in [0.5, 0.6) is 0 Å². The summed E-state index contributed by atoms with van der Waals surface area (Å²) in [5, 5.41) is 0. The molecule has 1 N–H and O–H groups in total. The summed E-state index contributed by atoms with van der Waals surface area (Å²) in [7, 11) is 0. The number of hydrogen-bond acceptors (Lipinski definition) is 1. The van der Waals surface area contributed by atoms with Gasteiger partial charge in [-0.25, -0.2) is 13.8 Å². The van der Waals surface area contributed by atoms with Gasteiger partial charge in [-0.2, -0.15) is 0 Å². The Morgan fingerprint density at radius 2 is 1.94 bits per heavy atom. The van der Waals surface area contributed by atoms with Crippen LogP contribution in [-0.2, 0) is 6.42 Å². The lowest BCUT2D eigenvalue weighted by molar-refractivity contribution is 0.397. The SMILES string of the molecule is Cc1nc2c(CC(C)(C)C)c(F)c(F)cc2[nH]1. The van der Waals surface area contributed by atoms with Gasteiger partial charge in [-0.05, 0) is 18.8 Å². The molecule has 2 rings (SSSR count). The van der Waals surface area contributed by atoms with E-state index in [9.17, 15) is 8.78 Å². The van der Waals surface area contributed by atoms with Crippen LogP contribution in [0.15, 0.2) is 6.07 Å². The molecule has 1 aromatic carbocycles. The zero-order valence-corrected chi connectivity index (χ0v) is 10.5. The van der Waals surface area contributed by atoms with Gasteiger partial charge in [-0.3, -0.25) is 0 Å². The molecule has 0 unspecified atom stereocenters. The van der Waals surface area contributed by atoms with Crippen LogP contribution < -0.4 is 0 Å². The number of aromatic nitrogens is 2. The number of hydrogen-bond donors (Lipinski definition) is 1. The molecule has 0 amide bonds. The Labute approximate surface area is 99.1 Å². The van der Waals surface area contributed by atoms with Gasteiger partial charge in [0.2, 0.25) is 0 Å². The topological polar surface area (TPSA) is 28.7 Å². The average molecular weight is 238 g/mol. The highest BCUT2D eigenvalue weighted by atomic mass is 19.2. The maximum atomic E-state index is 13.8. The molecule has 0 aliphatic carbocycles. The van der Waals surface area contributed by atoms with Crippen molar-refractivity contribution in [2.45, 2.75) is 34.1 Å². The fourth-order valence-electron chi connectivity index (χ4n) is 1.97. The summed E-state index contributed by atoms with van der Waals surface area (Å²) >= 11 is 0. The maximum absolute atomic E-state index is 13.8. The quantitative estimate of drug-likeness (QED) is 0.805. The van der Waals surface area contributed by atoms with Gasteiger partial charge in [0.1, 0.15) is 5.82 Å². The second-order valence-electron chi connectivity index (χ2n) is 5.61. The summed E-state index contributed by atoms with van der Waals surface area (Å²) in [4.78, 5) is 7.17. The Kier molecular flexibility index (Phi) is 2.68. The summed E-state index contributed by atoms with van der Waals surface area (Å²) in [6.45, 7) is 7.74. The van der Waals surface area contributed by atoms with Crippen molar-refractivity contribution in [2.75, 3.05) is 0 Å². The van der Waals surface area contributed by atoms with E-state index in [0.29, 0.717) is 28.8 Å². The molecule has 2 nitrogen and oxygen atoms in total. The van der Waals surface area contributed by atoms with E-state index in [2.05, 4.69) is 9.97 Å². The van der Waals surface area contributed by atoms with E-state index in [4.69, 9.17) is 0 Å². The van der Waals surface area contributed by atoms with Crippen LogP contribution in [0.3, 0.4) is 0 Å². The minimum atomic E-state index is -0.819. The van der Waals surface area contributed by atoms with Gasteiger partial charge in [0.25, 0.3) is 0 Å². The monoisotopic (exact) mass is 238 g/mol. The van der Waals surface area contributed by atoms with E-state index < -0.39 is 11.6 Å². The van der Waals surface area contributed by atoms with Crippen molar-refractivity contribution >= 4 is 11.0 Å². The molecule has 1 aromatic heterocycles. The van der Waals surface area contributed by atoms with Gasteiger partial charge >= 0.3 is 0 Å². The summed E-state index contributed by atoms with van der Waals surface area (Å²) in [5.74, 6) is -0.931. The van der Waals surface area contributed by atoms with Crippen molar-refractivity contribution in [2.24, 2.45) is 5.41 Å². The summed E-state index contributed by atoms with van der Waals surface area (Å²) < 4.78 is 27.3. The molecule has 0 saturated carbocycles. The number of benzene rings is 1. The number of halogens is 2. The number of H-pyrrole nitrogens is 1. The largest absolute Gasteiger partial charge is 0.342 e. The van der Waals surface area contributed by atoms with Crippen LogP contribution in [-0.4, -0.2) is 9.97 Å². The van der Waals surface area contributed by atoms with Gasteiger partial charge in [0, 0.05) is 11.6 Å². The first-order valence-corrected chi connectivity index (χ1v) is 5.61. The molecule has 0 spiro atoms. The van der Waals surface area contributed by atoms with Gasteiger partial charge in [0.15, 0.2) is 11.6 Å². The van der Waals surface area contributed by atoms with Crippen LogP contribution in [0.25, 0.3) is 11.0 Å². The Morgan fingerprint density at radius 1 is 1.29 bits per heavy atom. The molecule has 4 heteroatoms. The highest BCUT2D eigenvalue weighted by molar-refractivity contribution is 5.79. The minimum absolute atomic E-state index is 0.117. The molecule has 0 bridgehead atoms. The third kappa shape index (κ3) is 2.30. The molecule has 0 aliphatic rings. The molecule has 0 saturated heterocycles. The first kappa shape index (κ1) is 12.0. The van der Waals surface area contributed by atoms with E-state index in [1.54, 1.807) is 6.92 Å². The number of rotatable bonds is 1. The number of aryl methyl sites for hydroxylation is 1. The predicted octanol–water partition coefficient (Wildman–Crippen LogP) is 3.74. The van der Waals surface area contributed by atoms with Crippen LogP contribution in [0.1, 0.15) is 32.2 Å². The third-order valence-corrected chi connectivity index (χ3v) is 2.59. The normalized spacial score (nSPS) is 12.4.